The van der Waals surface area contributed by atoms with Crippen LogP contribution in [-0.2, 0) is 29.2 Å². The molecule has 0 bridgehead atoms. The molecule has 4 rings (SSSR count). The number of carbonyl (C=O) groups is 3. The molecule has 2 N–H and O–H groups in total. The summed E-state index contributed by atoms with van der Waals surface area (Å²) in [6.07, 6.45) is 3.05. The highest BCUT2D eigenvalue weighted by atomic mass is 16.2. The van der Waals surface area contributed by atoms with Crippen LogP contribution in [0.25, 0.3) is 0 Å². The number of hydrogen-bond donors (Lipinski definition) is 2. The summed E-state index contributed by atoms with van der Waals surface area (Å²) in [6.45, 7) is 2.99. The van der Waals surface area contributed by atoms with Crippen LogP contribution in [0.3, 0.4) is 0 Å². The molecule has 7 heteroatoms. The van der Waals surface area contributed by atoms with E-state index in [-0.39, 0.29) is 17.8 Å². The summed E-state index contributed by atoms with van der Waals surface area (Å²) < 4.78 is 0. The van der Waals surface area contributed by atoms with Crippen molar-refractivity contribution in [3.8, 4) is 0 Å². The normalized spacial score (nSPS) is 16.1. The molecule has 7 nitrogen and oxygen atoms in total. The third-order valence-corrected chi connectivity index (χ3v) is 5.74. The van der Waals surface area contributed by atoms with Crippen molar-refractivity contribution in [2.75, 3.05) is 18.0 Å². The van der Waals surface area contributed by atoms with E-state index in [1.54, 1.807) is 4.90 Å². The molecule has 0 saturated carbocycles. The van der Waals surface area contributed by atoms with Gasteiger partial charge in [-0.05, 0) is 41.7 Å². The minimum atomic E-state index is -0.247. The van der Waals surface area contributed by atoms with Crippen LogP contribution in [0.4, 0.5) is 10.5 Å². The fourth-order valence-corrected chi connectivity index (χ4v) is 4.11. The summed E-state index contributed by atoms with van der Waals surface area (Å²) in [4.78, 5) is 39.7. The van der Waals surface area contributed by atoms with Gasteiger partial charge in [0.2, 0.25) is 11.8 Å². The van der Waals surface area contributed by atoms with Gasteiger partial charge < -0.3 is 20.4 Å². The van der Waals surface area contributed by atoms with E-state index in [1.807, 2.05) is 53.4 Å². The van der Waals surface area contributed by atoms with Gasteiger partial charge in [-0.15, -0.1) is 0 Å². The predicted molar refractivity (Wildman–Crippen MR) is 118 cm³/mol. The Morgan fingerprint density at radius 2 is 1.45 bits per heavy atom. The van der Waals surface area contributed by atoms with Crippen molar-refractivity contribution in [1.29, 1.82) is 0 Å². The van der Waals surface area contributed by atoms with E-state index < -0.39 is 0 Å². The number of nitrogens with one attached hydrogen (secondary N) is 2. The summed E-state index contributed by atoms with van der Waals surface area (Å²) in [5.41, 5.74) is 3.90. The van der Waals surface area contributed by atoms with Crippen LogP contribution in [0.1, 0.15) is 42.4 Å². The Kier molecular flexibility index (Phi) is 6.50. The number of anilines is 1. The van der Waals surface area contributed by atoms with Crippen molar-refractivity contribution in [1.82, 2.24) is 15.5 Å². The van der Waals surface area contributed by atoms with E-state index in [2.05, 4.69) is 10.6 Å². The van der Waals surface area contributed by atoms with Gasteiger partial charge in [0.05, 0.1) is 0 Å². The molecule has 162 valence electrons. The molecule has 2 aromatic rings. The summed E-state index contributed by atoms with van der Waals surface area (Å²) in [5, 5.41) is 5.75. The lowest BCUT2D eigenvalue weighted by Gasteiger charge is -2.17. The van der Waals surface area contributed by atoms with Crippen molar-refractivity contribution in [2.45, 2.75) is 45.3 Å². The molecule has 2 aliphatic heterocycles. The zero-order valence-electron chi connectivity index (χ0n) is 17.6. The van der Waals surface area contributed by atoms with Gasteiger partial charge in [0.25, 0.3) is 0 Å². The number of hydrogen-bond acceptors (Lipinski definition) is 3. The third-order valence-electron chi connectivity index (χ3n) is 5.74. The second-order valence-electron chi connectivity index (χ2n) is 8.09. The lowest BCUT2D eigenvalue weighted by Crippen LogP contribution is -2.34. The molecular formula is C24H28N4O3. The van der Waals surface area contributed by atoms with Crippen LogP contribution in [-0.4, -0.2) is 35.8 Å². The molecular weight excluding hydrogens is 392 g/mol. The largest absolute Gasteiger partial charge is 0.338 e. The van der Waals surface area contributed by atoms with Crippen molar-refractivity contribution >= 4 is 23.5 Å². The maximum absolute atomic E-state index is 12.2. The van der Waals surface area contributed by atoms with Crippen LogP contribution in [0.2, 0.25) is 0 Å². The van der Waals surface area contributed by atoms with E-state index >= 15 is 0 Å². The van der Waals surface area contributed by atoms with Crippen molar-refractivity contribution in [3.05, 3.63) is 65.2 Å². The molecule has 0 radical (unpaired) electrons. The number of carbonyl (C=O) groups excluding carboxylic acids is 3. The summed E-state index contributed by atoms with van der Waals surface area (Å²) >= 11 is 0. The minimum Gasteiger partial charge on any atom is -0.338 e. The Balaban J connectivity index is 1.26. The van der Waals surface area contributed by atoms with Crippen molar-refractivity contribution < 1.29 is 14.4 Å². The minimum absolute atomic E-state index is 0.152. The quantitative estimate of drug-likeness (QED) is 0.723. The van der Waals surface area contributed by atoms with Crippen LogP contribution < -0.4 is 15.5 Å². The van der Waals surface area contributed by atoms with Gasteiger partial charge in [-0.2, -0.15) is 0 Å². The molecule has 4 amide bonds. The molecule has 31 heavy (non-hydrogen) atoms. The maximum Gasteiger partial charge on any atom is 0.315 e. The third kappa shape index (κ3) is 5.42. The number of urea groups is 1. The predicted octanol–water partition coefficient (Wildman–Crippen LogP) is 2.94. The second kappa shape index (κ2) is 9.64. The number of likely N-dealkylation sites (tertiary alicyclic amines) is 1. The van der Waals surface area contributed by atoms with Gasteiger partial charge in [0.15, 0.2) is 0 Å². The fourth-order valence-electron chi connectivity index (χ4n) is 4.11. The van der Waals surface area contributed by atoms with Gasteiger partial charge >= 0.3 is 6.03 Å². The van der Waals surface area contributed by atoms with Gasteiger partial charge in [-0.25, -0.2) is 4.79 Å². The fraction of sp³-hybridized carbons (Fsp3) is 0.375. The first-order valence-corrected chi connectivity index (χ1v) is 10.8. The summed E-state index contributed by atoms with van der Waals surface area (Å²) in [5.74, 6) is 0.361. The lowest BCUT2D eigenvalue weighted by molar-refractivity contribution is -0.128. The number of nitrogens with zero attached hydrogens (tertiary/aromatic N) is 2. The Labute approximate surface area is 182 Å². The molecule has 0 atom stereocenters. The highest BCUT2D eigenvalue weighted by molar-refractivity contribution is 5.95. The van der Waals surface area contributed by atoms with E-state index in [4.69, 9.17) is 0 Å². The van der Waals surface area contributed by atoms with E-state index in [9.17, 15) is 14.4 Å². The highest BCUT2D eigenvalue weighted by Crippen LogP contribution is 2.22. The monoisotopic (exact) mass is 420 g/mol. The van der Waals surface area contributed by atoms with Crippen LogP contribution >= 0.6 is 0 Å². The van der Waals surface area contributed by atoms with Gasteiger partial charge in [0, 0.05) is 51.3 Å². The maximum atomic E-state index is 12.2. The smallest absolute Gasteiger partial charge is 0.315 e. The second-order valence-corrected chi connectivity index (χ2v) is 8.09. The Morgan fingerprint density at radius 3 is 2.13 bits per heavy atom. The van der Waals surface area contributed by atoms with Crippen LogP contribution in [0.15, 0.2) is 48.5 Å². The van der Waals surface area contributed by atoms with Gasteiger partial charge in [-0.3, -0.25) is 9.59 Å². The average molecular weight is 421 g/mol. The van der Waals surface area contributed by atoms with Crippen molar-refractivity contribution in [3.63, 3.8) is 0 Å². The lowest BCUT2D eigenvalue weighted by atomic mass is 10.1. The van der Waals surface area contributed by atoms with Crippen LogP contribution in [0.5, 0.6) is 0 Å². The summed E-state index contributed by atoms with van der Waals surface area (Å²) in [6, 6.07) is 15.4. The molecule has 2 saturated heterocycles. The van der Waals surface area contributed by atoms with E-state index in [1.165, 1.54) is 0 Å². The topological polar surface area (TPSA) is 81.8 Å². The molecule has 2 aliphatic rings. The zero-order valence-corrected chi connectivity index (χ0v) is 17.6. The molecule has 2 heterocycles. The molecule has 2 fully saturated rings. The number of rotatable bonds is 7. The SMILES string of the molecule is O=C(NCc1cccc(CN2CCCC2=O)c1)NCc1cccc(N2CCCC2=O)c1. The van der Waals surface area contributed by atoms with Crippen LogP contribution in [0, 0.1) is 0 Å². The van der Waals surface area contributed by atoms with Gasteiger partial charge in [-0.1, -0.05) is 36.4 Å². The zero-order chi connectivity index (χ0) is 21.6. The average Bonchev–Trinajstić information content (AvgIpc) is 3.39. The van der Waals surface area contributed by atoms with Crippen molar-refractivity contribution in [2.24, 2.45) is 0 Å². The first-order chi connectivity index (χ1) is 15.1. The molecule has 0 aromatic heterocycles. The first kappa shape index (κ1) is 20.9. The number of benzene rings is 2. The number of amides is 4. The standard InChI is InChI=1S/C24H28N4O3/c29-22-9-3-11-27(22)17-20-7-1-5-18(13-20)15-25-24(31)26-16-19-6-2-8-21(14-19)28-12-4-10-23(28)30/h1-2,5-8,13-14H,3-4,9-12,15-17H2,(H2,25,26,31). The van der Waals surface area contributed by atoms with Gasteiger partial charge in [0.1, 0.15) is 0 Å². The van der Waals surface area contributed by atoms with E-state index in [0.29, 0.717) is 32.5 Å². The Bertz CT molecular complexity index is 975. The summed E-state index contributed by atoms with van der Waals surface area (Å²) in [7, 11) is 0. The molecule has 2 aromatic carbocycles. The molecule has 0 spiro atoms. The molecule has 0 aliphatic carbocycles. The molecule has 0 unspecified atom stereocenters. The Morgan fingerprint density at radius 1 is 0.806 bits per heavy atom. The first-order valence-electron chi connectivity index (χ1n) is 10.8. The highest BCUT2D eigenvalue weighted by Gasteiger charge is 2.22. The van der Waals surface area contributed by atoms with E-state index in [0.717, 1.165) is 48.3 Å². The Hall–Kier alpha value is -3.35.